The Bertz CT molecular complexity index is 3360. The van der Waals surface area contributed by atoms with Crippen LogP contribution in [-0.2, 0) is 115 Å². The number of hydrogen-bond acceptors (Lipinski definition) is 21. The third-order valence-corrected chi connectivity index (χ3v) is 19.8. The van der Waals surface area contributed by atoms with Crippen molar-refractivity contribution in [2.75, 3.05) is 80.0 Å². The van der Waals surface area contributed by atoms with E-state index < -0.39 is 155 Å². The average molecular weight is 1610 g/mol. The first-order valence-corrected chi connectivity index (χ1v) is 41.5. The minimum atomic E-state index is -4.43. The highest BCUT2D eigenvalue weighted by atomic mass is 32.2. The summed E-state index contributed by atoms with van der Waals surface area (Å²) in [4.78, 5) is 184. The van der Waals surface area contributed by atoms with E-state index >= 15 is 0 Å². The standard InChI is InChI=1S/C81H127N7O24S/c1-6-8-32-67(72(93)54-84-68(33-9-7-2)79(102)88(5)71(53-75(97)98)80(103)87(4)70(76(82)99)50-59-28-23-22-24-29-59)85-78(101)69(49-60-35-37-61(38-36-60)57-113(106,107)108)86-77(100)63(48-58(3)89)52-66(92)56-112-46-44-109-42-27-31-65(91)55-111-47-45-110-43-41-83-73(94)40-39-62(81(104)105)51-64(90)30-25-20-18-16-14-12-10-11-13-15-17-19-21-26-34-74(95)96/h22-24,28-29,35-38,62-63,67-71,84H,6-21,25-27,30-34,39-57H2,1-5H3,(H2,82,99)(H,83,94)(H,85,101)(H,86,100)(H,95,96)(H,97,98)(H,104,105)(H,106,107,108)/t62-,63+,67+,68+,69+,70+,71-/m1/s1. The molecule has 0 unspecified atom stereocenters. The minimum absolute atomic E-state index is 0.00440. The van der Waals surface area contributed by atoms with Gasteiger partial charge in [-0.1, -0.05) is 171 Å². The van der Waals surface area contributed by atoms with Crippen molar-refractivity contribution in [3.63, 3.8) is 0 Å². The largest absolute Gasteiger partial charge is 0.481 e. The highest BCUT2D eigenvalue weighted by Crippen LogP contribution is 2.21. The van der Waals surface area contributed by atoms with Crippen molar-refractivity contribution in [3.8, 4) is 0 Å². The molecule has 2 aromatic carbocycles. The lowest BCUT2D eigenvalue weighted by Gasteiger charge is -2.35. The maximum Gasteiger partial charge on any atom is 0.306 e. The molecule has 0 aliphatic heterocycles. The van der Waals surface area contributed by atoms with E-state index in [-0.39, 0.29) is 134 Å². The number of primary amides is 1. The molecular formula is C81H127N7O24S. The van der Waals surface area contributed by atoms with Gasteiger partial charge in [-0.05, 0) is 62.1 Å². The fourth-order valence-corrected chi connectivity index (χ4v) is 13.3. The number of ketones is 5. The summed E-state index contributed by atoms with van der Waals surface area (Å²) in [5, 5.41) is 39.4. The lowest BCUT2D eigenvalue weighted by molar-refractivity contribution is -0.152. The van der Waals surface area contributed by atoms with Crippen LogP contribution in [0.15, 0.2) is 54.6 Å². The first-order chi connectivity index (χ1) is 53.8. The van der Waals surface area contributed by atoms with Gasteiger partial charge < -0.3 is 70.5 Å². The highest BCUT2D eigenvalue weighted by molar-refractivity contribution is 7.85. The van der Waals surface area contributed by atoms with E-state index in [0.29, 0.717) is 56.1 Å². The number of nitrogens with one attached hydrogen (secondary N) is 4. The number of carbonyl (C=O) groups excluding carboxylic acids is 11. The van der Waals surface area contributed by atoms with Crippen molar-refractivity contribution in [1.82, 2.24) is 31.1 Å². The van der Waals surface area contributed by atoms with Gasteiger partial charge in [-0.3, -0.25) is 72.2 Å². The number of carboxylic acids is 3. The number of rotatable bonds is 71. The molecule has 0 heterocycles. The Morgan fingerprint density at radius 1 is 0.469 bits per heavy atom. The first kappa shape index (κ1) is 101. The van der Waals surface area contributed by atoms with Crippen LogP contribution in [0.1, 0.15) is 230 Å². The topological polar surface area (TPSA) is 472 Å². The van der Waals surface area contributed by atoms with Crippen LogP contribution in [0.2, 0.25) is 0 Å². The lowest BCUT2D eigenvalue weighted by atomic mass is 9.94. The van der Waals surface area contributed by atoms with Crippen LogP contribution in [0.5, 0.6) is 0 Å². The molecule has 0 spiro atoms. The zero-order valence-electron chi connectivity index (χ0n) is 67.0. The molecular weight excluding hydrogens is 1490 g/mol. The molecule has 0 bridgehead atoms. The predicted molar refractivity (Wildman–Crippen MR) is 420 cm³/mol. The van der Waals surface area contributed by atoms with Gasteiger partial charge in [0.25, 0.3) is 10.1 Å². The summed E-state index contributed by atoms with van der Waals surface area (Å²) in [6, 6.07) is 7.70. The van der Waals surface area contributed by atoms with Crippen LogP contribution >= 0.6 is 0 Å². The number of unbranched alkanes of at least 4 members (excludes halogenated alkanes) is 15. The molecule has 636 valence electrons. The number of benzene rings is 2. The molecule has 0 aliphatic carbocycles. The smallest absolute Gasteiger partial charge is 0.306 e. The first-order valence-electron chi connectivity index (χ1n) is 39.9. The molecule has 0 fully saturated rings. The Balaban J connectivity index is 1.88. The van der Waals surface area contributed by atoms with E-state index in [1.54, 1.807) is 30.3 Å². The molecule has 0 saturated carbocycles. The summed E-state index contributed by atoms with van der Waals surface area (Å²) in [7, 11) is -1.89. The minimum Gasteiger partial charge on any atom is -0.481 e. The molecule has 2 rings (SSSR count). The molecule has 113 heavy (non-hydrogen) atoms. The third kappa shape index (κ3) is 47.9. The van der Waals surface area contributed by atoms with E-state index in [9.17, 15) is 90.3 Å². The van der Waals surface area contributed by atoms with Gasteiger partial charge in [0.2, 0.25) is 35.4 Å². The van der Waals surface area contributed by atoms with Gasteiger partial charge in [0, 0.05) is 85.0 Å². The number of aliphatic carboxylic acids is 3. The summed E-state index contributed by atoms with van der Waals surface area (Å²) >= 11 is 0. The molecule has 0 aromatic heterocycles. The number of amides is 6. The monoisotopic (exact) mass is 1610 g/mol. The van der Waals surface area contributed by atoms with Crippen LogP contribution in [0.4, 0.5) is 0 Å². The van der Waals surface area contributed by atoms with Gasteiger partial charge in [-0.2, -0.15) is 8.42 Å². The molecule has 31 nitrogen and oxygen atoms in total. The number of Topliss-reactive ketones (excluding diaryl/α,β-unsaturated/α-hetero) is 5. The lowest BCUT2D eigenvalue weighted by Crippen LogP contribution is -2.58. The van der Waals surface area contributed by atoms with Crippen LogP contribution in [0.3, 0.4) is 0 Å². The van der Waals surface area contributed by atoms with Crippen LogP contribution < -0.4 is 27.0 Å². The number of nitrogens with two attached hydrogens (primary N) is 1. The van der Waals surface area contributed by atoms with Crippen molar-refractivity contribution in [2.24, 2.45) is 17.6 Å². The Morgan fingerprint density at radius 2 is 0.965 bits per heavy atom. The third-order valence-electron chi connectivity index (χ3n) is 19.1. The number of nitrogens with zero attached hydrogens (tertiary/aromatic N) is 2. The zero-order chi connectivity index (χ0) is 83.9. The summed E-state index contributed by atoms with van der Waals surface area (Å²) < 4.78 is 54.7. The molecule has 7 atom stereocenters. The number of likely N-dealkylation sites (N-methyl/N-ethyl adjacent to an activating group) is 2. The van der Waals surface area contributed by atoms with Crippen molar-refractivity contribution in [1.29, 1.82) is 0 Å². The molecule has 32 heteroatoms. The van der Waals surface area contributed by atoms with Crippen LogP contribution in [0.25, 0.3) is 0 Å². The van der Waals surface area contributed by atoms with Crippen molar-refractivity contribution in [2.45, 2.75) is 262 Å². The Morgan fingerprint density at radius 3 is 1.50 bits per heavy atom. The Labute approximate surface area is 665 Å². The van der Waals surface area contributed by atoms with Gasteiger partial charge in [0.1, 0.15) is 48.7 Å². The van der Waals surface area contributed by atoms with Crippen molar-refractivity contribution in [3.05, 3.63) is 71.3 Å². The van der Waals surface area contributed by atoms with Crippen LogP contribution in [-0.4, -0.2) is 231 Å². The number of carbonyl (C=O) groups is 14. The molecule has 10 N–H and O–H groups in total. The Hall–Kier alpha value is -8.27. The van der Waals surface area contributed by atoms with E-state index in [0.717, 1.165) is 61.2 Å². The highest BCUT2D eigenvalue weighted by Gasteiger charge is 2.39. The molecule has 0 aliphatic rings. The maximum atomic E-state index is 14.6. The SMILES string of the molecule is CCCC[C@H](NC(=O)[C@H](Cc1ccc(CS(=O)(=O)O)cc1)NC(=O)[C@@H](CC(C)=O)CC(=O)COCCOCCCC(=O)COCCOCCNC(=O)CC[C@H](CC(=O)CCCCCCCCCCCCCCCCC(=O)O)C(=O)O)C(=O)CN[C@@H](CCCC)C(=O)N(C)[C@H](CC(=O)O)C(=O)N(C)[C@@H](Cc1ccccc1)C(N)=O. The van der Waals surface area contributed by atoms with Gasteiger partial charge in [0.05, 0.1) is 69.9 Å². The van der Waals surface area contributed by atoms with E-state index in [2.05, 4.69) is 21.3 Å². The average Bonchev–Trinajstić information content (AvgIpc) is 0.820. The summed E-state index contributed by atoms with van der Waals surface area (Å²) in [5.74, 6) is -12.7. The van der Waals surface area contributed by atoms with Gasteiger partial charge in [0.15, 0.2) is 17.3 Å². The predicted octanol–water partition coefficient (Wildman–Crippen LogP) is 7.20. The fraction of sp³-hybridized carbons (Fsp3) is 0.679. The Kier molecular flexibility index (Phi) is 53.0. The van der Waals surface area contributed by atoms with Crippen LogP contribution in [0, 0.1) is 11.8 Å². The van der Waals surface area contributed by atoms with Gasteiger partial charge in [-0.25, -0.2) is 0 Å². The number of hydrogen-bond donors (Lipinski definition) is 9. The quantitative estimate of drug-likeness (QED) is 0.0233. The van der Waals surface area contributed by atoms with Gasteiger partial charge in [-0.15, -0.1) is 0 Å². The maximum absolute atomic E-state index is 14.6. The van der Waals surface area contributed by atoms with E-state index in [4.69, 9.17) is 29.8 Å². The second-order valence-electron chi connectivity index (χ2n) is 29.0. The summed E-state index contributed by atoms with van der Waals surface area (Å²) in [6.45, 7) is 4.47. The molecule has 2 aromatic rings. The van der Waals surface area contributed by atoms with E-state index in [1.807, 2.05) is 13.8 Å². The van der Waals surface area contributed by atoms with E-state index in [1.165, 1.54) is 77.4 Å². The number of ether oxygens (including phenoxy) is 4. The molecule has 6 amide bonds. The van der Waals surface area contributed by atoms with Crippen molar-refractivity contribution >= 4 is 92.4 Å². The summed E-state index contributed by atoms with van der Waals surface area (Å²) in [5.41, 5.74) is 7.00. The van der Waals surface area contributed by atoms with Crippen molar-refractivity contribution < 1.29 is 114 Å². The zero-order valence-corrected chi connectivity index (χ0v) is 67.8. The second-order valence-corrected chi connectivity index (χ2v) is 30.5. The molecule has 0 radical (unpaired) electrons. The number of carboxylic acid groups (broad SMARTS) is 3. The normalized spacial score (nSPS) is 13.3. The van der Waals surface area contributed by atoms with Gasteiger partial charge >= 0.3 is 17.9 Å². The fourth-order valence-electron chi connectivity index (χ4n) is 12.6. The summed E-state index contributed by atoms with van der Waals surface area (Å²) in [6.07, 6.45) is 16.0. The molecule has 0 saturated heterocycles. The second kappa shape index (κ2) is 59.4.